The van der Waals surface area contributed by atoms with Crippen LogP contribution in [0, 0.1) is 0 Å². The van der Waals surface area contributed by atoms with Gasteiger partial charge in [-0.15, -0.1) is 0 Å². The molecule has 19 heavy (non-hydrogen) atoms. The van der Waals surface area contributed by atoms with Crippen LogP contribution >= 0.6 is 0 Å². The van der Waals surface area contributed by atoms with Gasteiger partial charge in [0.05, 0.1) is 0 Å². The minimum Gasteiger partial charge on any atom is -0.205 e. The van der Waals surface area contributed by atoms with Crippen LogP contribution in [0.3, 0.4) is 0 Å². The fraction of sp³-hybridized carbons (Fsp3) is 0.722. The smallest absolute Gasteiger partial charge is 0.171 e. The summed E-state index contributed by atoms with van der Waals surface area (Å²) in [7, 11) is 0. The maximum atomic E-state index is 2.36. The number of nitrogens with zero attached hydrogens (tertiary/aromatic N) is 1. The Bertz CT molecular complexity index is 319. The average molecular weight is 262 g/mol. The van der Waals surface area contributed by atoms with Crippen LogP contribution in [0.15, 0.2) is 24.5 Å². The maximum Gasteiger partial charge on any atom is 0.171 e. The van der Waals surface area contributed by atoms with Crippen molar-refractivity contribution in [1.29, 1.82) is 0 Å². The third kappa shape index (κ3) is 8.02. The Kier molecular flexibility index (Phi) is 9.40. The zero-order valence-corrected chi connectivity index (χ0v) is 13.0. The molecule has 0 saturated carbocycles. The van der Waals surface area contributed by atoms with Gasteiger partial charge in [-0.3, -0.25) is 0 Å². The zero-order chi connectivity index (χ0) is 13.8. The quantitative estimate of drug-likeness (QED) is 0.387. The SMILES string of the molecule is CCCCCCCCc1ccc[n+](CCCCC)c1. The van der Waals surface area contributed by atoms with Crippen molar-refractivity contribution in [2.24, 2.45) is 0 Å². The molecule has 0 amide bonds. The minimum atomic E-state index is 1.18. The predicted octanol–water partition coefficient (Wildman–Crippen LogP) is 5.07. The second-order valence-corrected chi connectivity index (χ2v) is 5.67. The molecular weight excluding hydrogens is 230 g/mol. The van der Waals surface area contributed by atoms with E-state index in [1.165, 1.54) is 76.3 Å². The standard InChI is InChI=1S/C18H32N/c1-3-5-7-8-9-10-13-18-14-12-16-19(17-18)15-11-6-4-2/h12,14,16-17H,3-11,13,15H2,1-2H3/q+1. The van der Waals surface area contributed by atoms with Gasteiger partial charge in [0.1, 0.15) is 6.54 Å². The van der Waals surface area contributed by atoms with Crippen LogP contribution in [0.5, 0.6) is 0 Å². The molecule has 0 unspecified atom stereocenters. The lowest BCUT2D eigenvalue weighted by Gasteiger charge is -2.02. The van der Waals surface area contributed by atoms with E-state index in [0.717, 1.165) is 0 Å². The van der Waals surface area contributed by atoms with E-state index >= 15 is 0 Å². The summed E-state index contributed by atoms with van der Waals surface area (Å²) in [6.45, 7) is 5.72. The fourth-order valence-corrected chi connectivity index (χ4v) is 2.52. The molecule has 1 aromatic heterocycles. The highest BCUT2D eigenvalue weighted by Crippen LogP contribution is 2.08. The third-order valence-corrected chi connectivity index (χ3v) is 3.76. The van der Waals surface area contributed by atoms with Crippen LogP contribution in [0.1, 0.15) is 77.2 Å². The molecule has 1 heterocycles. The van der Waals surface area contributed by atoms with E-state index in [2.05, 4.69) is 42.9 Å². The second kappa shape index (κ2) is 11.0. The van der Waals surface area contributed by atoms with Gasteiger partial charge < -0.3 is 0 Å². The molecule has 0 N–H and O–H groups in total. The molecule has 0 saturated heterocycles. The largest absolute Gasteiger partial charge is 0.205 e. The molecule has 0 aromatic carbocycles. The highest BCUT2D eigenvalue weighted by molar-refractivity contribution is 5.05. The predicted molar refractivity (Wildman–Crippen MR) is 83.2 cm³/mol. The number of hydrogen-bond donors (Lipinski definition) is 0. The van der Waals surface area contributed by atoms with Gasteiger partial charge >= 0.3 is 0 Å². The summed E-state index contributed by atoms with van der Waals surface area (Å²) in [5, 5.41) is 0. The van der Waals surface area contributed by atoms with Crippen molar-refractivity contribution in [2.45, 2.75) is 84.6 Å². The lowest BCUT2D eigenvalue weighted by atomic mass is 10.1. The molecule has 1 heteroatoms. The van der Waals surface area contributed by atoms with E-state index in [1.807, 2.05) is 0 Å². The van der Waals surface area contributed by atoms with Crippen LogP contribution in [-0.2, 0) is 13.0 Å². The monoisotopic (exact) mass is 262 g/mol. The van der Waals surface area contributed by atoms with E-state index < -0.39 is 0 Å². The van der Waals surface area contributed by atoms with Gasteiger partial charge in [0, 0.05) is 18.1 Å². The molecular formula is C18H32N+. The molecule has 0 atom stereocenters. The van der Waals surface area contributed by atoms with Gasteiger partial charge in [0.15, 0.2) is 12.4 Å². The molecule has 0 fully saturated rings. The number of aromatic nitrogens is 1. The summed E-state index contributed by atoms with van der Waals surface area (Å²) in [6, 6.07) is 4.49. The van der Waals surface area contributed by atoms with Crippen LogP contribution in [0.2, 0.25) is 0 Å². The molecule has 0 aliphatic rings. The molecule has 1 nitrogen and oxygen atoms in total. The van der Waals surface area contributed by atoms with Gasteiger partial charge in [-0.1, -0.05) is 52.4 Å². The lowest BCUT2D eigenvalue weighted by molar-refractivity contribution is -0.697. The van der Waals surface area contributed by atoms with Gasteiger partial charge in [0.25, 0.3) is 0 Å². The van der Waals surface area contributed by atoms with E-state index in [0.29, 0.717) is 0 Å². The zero-order valence-electron chi connectivity index (χ0n) is 13.0. The molecule has 108 valence electrons. The van der Waals surface area contributed by atoms with Crippen LogP contribution in [-0.4, -0.2) is 0 Å². The Hall–Kier alpha value is -0.850. The van der Waals surface area contributed by atoms with Crippen molar-refractivity contribution in [2.75, 3.05) is 0 Å². The normalized spacial score (nSPS) is 10.8. The van der Waals surface area contributed by atoms with Crippen molar-refractivity contribution in [3.8, 4) is 0 Å². The van der Waals surface area contributed by atoms with Crippen LogP contribution < -0.4 is 4.57 Å². The summed E-state index contributed by atoms with van der Waals surface area (Å²) >= 11 is 0. The summed E-state index contributed by atoms with van der Waals surface area (Å²) in [4.78, 5) is 0. The van der Waals surface area contributed by atoms with Crippen LogP contribution in [0.25, 0.3) is 0 Å². The molecule has 0 bridgehead atoms. The first-order valence-electron chi connectivity index (χ1n) is 8.34. The number of rotatable bonds is 11. The average Bonchev–Trinajstić information content (AvgIpc) is 2.43. The highest BCUT2D eigenvalue weighted by atomic mass is 14.9. The summed E-state index contributed by atoms with van der Waals surface area (Å²) < 4.78 is 2.36. The van der Waals surface area contributed by atoms with Crippen molar-refractivity contribution in [3.05, 3.63) is 30.1 Å². The van der Waals surface area contributed by atoms with E-state index in [9.17, 15) is 0 Å². The number of unbranched alkanes of at least 4 members (excludes halogenated alkanes) is 7. The molecule has 1 aromatic rings. The van der Waals surface area contributed by atoms with Crippen molar-refractivity contribution in [3.63, 3.8) is 0 Å². The highest BCUT2D eigenvalue weighted by Gasteiger charge is 2.02. The Labute approximate surface area is 120 Å². The first kappa shape index (κ1) is 16.2. The van der Waals surface area contributed by atoms with Crippen LogP contribution in [0.4, 0.5) is 0 Å². The second-order valence-electron chi connectivity index (χ2n) is 5.67. The van der Waals surface area contributed by atoms with Gasteiger partial charge in [-0.25, -0.2) is 4.57 Å². The topological polar surface area (TPSA) is 3.88 Å². The van der Waals surface area contributed by atoms with Crippen molar-refractivity contribution in [1.82, 2.24) is 0 Å². The molecule has 0 spiro atoms. The Morgan fingerprint density at radius 2 is 1.53 bits per heavy atom. The number of aryl methyl sites for hydroxylation is 2. The van der Waals surface area contributed by atoms with Gasteiger partial charge in [0.2, 0.25) is 0 Å². The Morgan fingerprint density at radius 3 is 2.32 bits per heavy atom. The van der Waals surface area contributed by atoms with Crippen molar-refractivity contribution >= 4 is 0 Å². The number of hydrogen-bond acceptors (Lipinski definition) is 0. The summed E-state index contributed by atoms with van der Waals surface area (Å²) in [6.07, 6.45) is 18.1. The Morgan fingerprint density at radius 1 is 0.842 bits per heavy atom. The maximum absolute atomic E-state index is 2.36. The summed E-state index contributed by atoms with van der Waals surface area (Å²) in [5.74, 6) is 0. The third-order valence-electron chi connectivity index (χ3n) is 3.76. The first-order chi connectivity index (χ1) is 9.36. The first-order valence-corrected chi connectivity index (χ1v) is 8.34. The fourth-order valence-electron chi connectivity index (χ4n) is 2.52. The number of pyridine rings is 1. The van der Waals surface area contributed by atoms with Gasteiger partial charge in [-0.2, -0.15) is 0 Å². The van der Waals surface area contributed by atoms with E-state index in [4.69, 9.17) is 0 Å². The Balaban J connectivity index is 2.20. The molecule has 1 rings (SSSR count). The van der Waals surface area contributed by atoms with Crippen molar-refractivity contribution < 1.29 is 4.57 Å². The van der Waals surface area contributed by atoms with E-state index in [1.54, 1.807) is 0 Å². The van der Waals surface area contributed by atoms with E-state index in [-0.39, 0.29) is 0 Å². The molecule has 0 aliphatic heterocycles. The minimum absolute atomic E-state index is 1.18. The van der Waals surface area contributed by atoms with Gasteiger partial charge in [-0.05, 0) is 25.3 Å². The molecule has 0 radical (unpaired) electrons. The summed E-state index contributed by atoms with van der Waals surface area (Å²) in [5.41, 5.74) is 1.51. The molecule has 0 aliphatic carbocycles. The lowest BCUT2D eigenvalue weighted by Crippen LogP contribution is -2.33.